The standard InChI is InChI=1S/C17H19NO2/c1-3-14-9-11-16(12-10-14)20-13-17(19)18(2)15-7-5-4-6-8-15/h4-12H,3,13H2,1-2H3. The van der Waals surface area contributed by atoms with Gasteiger partial charge in [-0.15, -0.1) is 0 Å². The largest absolute Gasteiger partial charge is 0.484 e. The summed E-state index contributed by atoms with van der Waals surface area (Å²) in [6.45, 7) is 2.14. The fourth-order valence-electron chi connectivity index (χ4n) is 1.86. The lowest BCUT2D eigenvalue weighted by molar-refractivity contribution is -0.120. The summed E-state index contributed by atoms with van der Waals surface area (Å²) in [5, 5.41) is 0. The number of likely N-dealkylation sites (N-methyl/N-ethyl adjacent to an activating group) is 1. The number of amides is 1. The molecule has 0 aliphatic heterocycles. The molecule has 0 unspecified atom stereocenters. The van der Waals surface area contributed by atoms with Crippen LogP contribution in [0, 0.1) is 0 Å². The number of hydrogen-bond acceptors (Lipinski definition) is 2. The lowest BCUT2D eigenvalue weighted by Crippen LogP contribution is -2.31. The van der Waals surface area contributed by atoms with Gasteiger partial charge in [0.05, 0.1) is 0 Å². The van der Waals surface area contributed by atoms with Crippen molar-refractivity contribution in [2.75, 3.05) is 18.6 Å². The summed E-state index contributed by atoms with van der Waals surface area (Å²) in [5.74, 6) is 0.646. The molecule has 2 aromatic carbocycles. The molecule has 0 fully saturated rings. The van der Waals surface area contributed by atoms with E-state index in [2.05, 4.69) is 6.92 Å². The van der Waals surface area contributed by atoms with Gasteiger partial charge in [-0.1, -0.05) is 37.3 Å². The van der Waals surface area contributed by atoms with Crippen LogP contribution in [-0.4, -0.2) is 19.6 Å². The van der Waals surface area contributed by atoms with Crippen LogP contribution in [-0.2, 0) is 11.2 Å². The molecule has 0 N–H and O–H groups in total. The number of rotatable bonds is 5. The van der Waals surface area contributed by atoms with Gasteiger partial charge in [-0.05, 0) is 36.2 Å². The molecule has 0 atom stereocenters. The number of para-hydroxylation sites is 1. The van der Waals surface area contributed by atoms with Gasteiger partial charge in [0.25, 0.3) is 5.91 Å². The van der Waals surface area contributed by atoms with E-state index in [0.717, 1.165) is 17.9 Å². The van der Waals surface area contributed by atoms with Crippen molar-refractivity contribution in [3.8, 4) is 5.75 Å². The summed E-state index contributed by atoms with van der Waals surface area (Å²) in [6.07, 6.45) is 0.996. The molecule has 0 heterocycles. The number of benzene rings is 2. The third-order valence-corrected chi connectivity index (χ3v) is 3.21. The van der Waals surface area contributed by atoms with E-state index >= 15 is 0 Å². The Labute approximate surface area is 119 Å². The Hall–Kier alpha value is -2.29. The molecular weight excluding hydrogens is 250 g/mol. The molecule has 2 aromatic rings. The Kier molecular flexibility index (Phi) is 4.77. The number of carbonyl (C=O) groups is 1. The van der Waals surface area contributed by atoms with E-state index in [4.69, 9.17) is 4.74 Å². The molecule has 3 nitrogen and oxygen atoms in total. The second-order valence-corrected chi connectivity index (χ2v) is 4.57. The third kappa shape index (κ3) is 3.60. The zero-order chi connectivity index (χ0) is 14.4. The zero-order valence-electron chi connectivity index (χ0n) is 11.9. The molecule has 0 aromatic heterocycles. The summed E-state index contributed by atoms with van der Waals surface area (Å²) in [6, 6.07) is 17.4. The van der Waals surface area contributed by atoms with Gasteiger partial charge in [-0.2, -0.15) is 0 Å². The van der Waals surface area contributed by atoms with Crippen LogP contribution < -0.4 is 9.64 Å². The van der Waals surface area contributed by atoms with Gasteiger partial charge in [0, 0.05) is 12.7 Å². The van der Waals surface area contributed by atoms with Gasteiger partial charge in [0.15, 0.2) is 6.61 Å². The number of carbonyl (C=O) groups excluding carboxylic acids is 1. The van der Waals surface area contributed by atoms with Crippen LogP contribution in [0.3, 0.4) is 0 Å². The minimum atomic E-state index is -0.0734. The van der Waals surface area contributed by atoms with Crippen molar-refractivity contribution in [3.63, 3.8) is 0 Å². The van der Waals surface area contributed by atoms with Crippen LogP contribution in [0.25, 0.3) is 0 Å². The number of aryl methyl sites for hydroxylation is 1. The smallest absolute Gasteiger partial charge is 0.264 e. The average molecular weight is 269 g/mol. The van der Waals surface area contributed by atoms with E-state index in [9.17, 15) is 4.79 Å². The summed E-state index contributed by atoms with van der Waals surface area (Å²) < 4.78 is 5.52. The molecule has 2 rings (SSSR count). The molecular formula is C17H19NO2. The first-order chi connectivity index (χ1) is 9.70. The van der Waals surface area contributed by atoms with Crippen molar-refractivity contribution in [1.29, 1.82) is 0 Å². The van der Waals surface area contributed by atoms with Gasteiger partial charge >= 0.3 is 0 Å². The normalized spacial score (nSPS) is 10.1. The lowest BCUT2D eigenvalue weighted by Gasteiger charge is -2.17. The molecule has 0 spiro atoms. The third-order valence-electron chi connectivity index (χ3n) is 3.21. The van der Waals surface area contributed by atoms with E-state index in [1.807, 2.05) is 54.6 Å². The second-order valence-electron chi connectivity index (χ2n) is 4.57. The summed E-state index contributed by atoms with van der Waals surface area (Å²) in [5.41, 5.74) is 2.12. The predicted octanol–water partition coefficient (Wildman–Crippen LogP) is 3.29. The zero-order valence-corrected chi connectivity index (χ0v) is 11.9. The van der Waals surface area contributed by atoms with Crippen LogP contribution >= 0.6 is 0 Å². The highest BCUT2D eigenvalue weighted by Crippen LogP contribution is 2.14. The number of anilines is 1. The highest BCUT2D eigenvalue weighted by molar-refractivity contribution is 5.93. The van der Waals surface area contributed by atoms with Crippen LogP contribution in [0.15, 0.2) is 54.6 Å². The summed E-state index contributed by atoms with van der Waals surface area (Å²) in [7, 11) is 1.75. The predicted molar refractivity (Wildman–Crippen MR) is 81.2 cm³/mol. The van der Waals surface area contributed by atoms with Crippen molar-refractivity contribution in [2.24, 2.45) is 0 Å². The van der Waals surface area contributed by atoms with Crippen LogP contribution in [0.2, 0.25) is 0 Å². The highest BCUT2D eigenvalue weighted by atomic mass is 16.5. The first-order valence-electron chi connectivity index (χ1n) is 6.74. The number of nitrogens with zero attached hydrogens (tertiary/aromatic N) is 1. The van der Waals surface area contributed by atoms with E-state index in [-0.39, 0.29) is 12.5 Å². The molecule has 0 aliphatic carbocycles. The van der Waals surface area contributed by atoms with Crippen molar-refractivity contribution >= 4 is 11.6 Å². The minimum absolute atomic E-state index is 0.0386. The van der Waals surface area contributed by atoms with Gasteiger partial charge in [-0.3, -0.25) is 4.79 Å². The monoisotopic (exact) mass is 269 g/mol. The molecule has 0 aliphatic rings. The molecule has 1 amide bonds. The molecule has 20 heavy (non-hydrogen) atoms. The van der Waals surface area contributed by atoms with E-state index in [0.29, 0.717) is 0 Å². The van der Waals surface area contributed by atoms with Gasteiger partial charge in [0.1, 0.15) is 5.75 Å². The van der Waals surface area contributed by atoms with E-state index in [1.54, 1.807) is 11.9 Å². The fourth-order valence-corrected chi connectivity index (χ4v) is 1.86. The van der Waals surface area contributed by atoms with Crippen LogP contribution in [0.5, 0.6) is 5.75 Å². The summed E-state index contributed by atoms with van der Waals surface area (Å²) >= 11 is 0. The molecule has 104 valence electrons. The number of ether oxygens (including phenoxy) is 1. The first-order valence-corrected chi connectivity index (χ1v) is 6.74. The minimum Gasteiger partial charge on any atom is -0.484 e. The maximum Gasteiger partial charge on any atom is 0.264 e. The quantitative estimate of drug-likeness (QED) is 0.833. The van der Waals surface area contributed by atoms with Crippen molar-refractivity contribution in [2.45, 2.75) is 13.3 Å². The maximum atomic E-state index is 12.0. The summed E-state index contributed by atoms with van der Waals surface area (Å²) in [4.78, 5) is 13.6. The Morgan fingerprint density at radius 3 is 2.30 bits per heavy atom. The maximum absolute atomic E-state index is 12.0. The van der Waals surface area contributed by atoms with Crippen LogP contribution in [0.1, 0.15) is 12.5 Å². The SMILES string of the molecule is CCc1ccc(OCC(=O)N(C)c2ccccc2)cc1. The molecule has 3 heteroatoms. The Morgan fingerprint density at radius 1 is 1.05 bits per heavy atom. The Bertz CT molecular complexity index is 549. The fraction of sp³-hybridized carbons (Fsp3) is 0.235. The van der Waals surface area contributed by atoms with Crippen molar-refractivity contribution in [1.82, 2.24) is 0 Å². The van der Waals surface area contributed by atoms with E-state index in [1.165, 1.54) is 5.56 Å². The van der Waals surface area contributed by atoms with Crippen LogP contribution in [0.4, 0.5) is 5.69 Å². The van der Waals surface area contributed by atoms with Crippen molar-refractivity contribution < 1.29 is 9.53 Å². The van der Waals surface area contributed by atoms with Gasteiger partial charge in [0.2, 0.25) is 0 Å². The highest BCUT2D eigenvalue weighted by Gasteiger charge is 2.11. The lowest BCUT2D eigenvalue weighted by atomic mass is 10.2. The topological polar surface area (TPSA) is 29.5 Å². The average Bonchev–Trinajstić information content (AvgIpc) is 2.53. The first kappa shape index (κ1) is 14.1. The van der Waals surface area contributed by atoms with Crippen molar-refractivity contribution in [3.05, 3.63) is 60.2 Å². The number of hydrogen-bond donors (Lipinski definition) is 0. The van der Waals surface area contributed by atoms with E-state index < -0.39 is 0 Å². The molecule has 0 radical (unpaired) electrons. The molecule has 0 saturated carbocycles. The molecule has 0 saturated heterocycles. The van der Waals surface area contributed by atoms with Gasteiger partial charge < -0.3 is 9.64 Å². The Balaban J connectivity index is 1.91. The Morgan fingerprint density at radius 2 is 1.70 bits per heavy atom. The second kappa shape index (κ2) is 6.75. The molecule has 0 bridgehead atoms. The van der Waals surface area contributed by atoms with Gasteiger partial charge in [-0.25, -0.2) is 0 Å².